The third-order valence-electron chi connectivity index (χ3n) is 6.07. The molecule has 0 unspecified atom stereocenters. The number of ether oxygens (including phenoxy) is 1. The van der Waals surface area contributed by atoms with Gasteiger partial charge in [-0.2, -0.15) is 18.3 Å². The Hall–Kier alpha value is -3.51. The van der Waals surface area contributed by atoms with Crippen LogP contribution in [0.1, 0.15) is 12.5 Å². The fourth-order valence-corrected chi connectivity index (χ4v) is 4.14. The fourth-order valence-electron chi connectivity index (χ4n) is 4.14. The Labute approximate surface area is 199 Å². The standard InChI is InChI=1S/C23H24F3N7O2/c1-22(12-27-13-22)14-32-10-15(8-29-32)20-18(23(24,25)26)9-28-21(31-20)30-16-2-4-17(5-3-16)33-6-7-35-11-19(33)34/h2-5,8-10,27H,6-7,11-14H2,1H3,(H,28,30,31). The van der Waals surface area contributed by atoms with Crippen LogP contribution in [0.5, 0.6) is 0 Å². The Morgan fingerprint density at radius 1 is 1.20 bits per heavy atom. The van der Waals surface area contributed by atoms with E-state index in [9.17, 15) is 18.0 Å². The Balaban J connectivity index is 1.38. The number of carbonyl (C=O) groups is 1. The van der Waals surface area contributed by atoms with Gasteiger partial charge in [-0.25, -0.2) is 9.97 Å². The van der Waals surface area contributed by atoms with Crippen LogP contribution in [0, 0.1) is 5.41 Å². The van der Waals surface area contributed by atoms with Gasteiger partial charge in [0.25, 0.3) is 5.91 Å². The average Bonchev–Trinajstić information content (AvgIpc) is 3.26. The number of hydrogen-bond acceptors (Lipinski definition) is 7. The number of halogens is 3. The van der Waals surface area contributed by atoms with Crippen LogP contribution in [-0.2, 0) is 22.3 Å². The van der Waals surface area contributed by atoms with Crippen molar-refractivity contribution in [1.82, 2.24) is 25.1 Å². The molecule has 2 aromatic heterocycles. The Kier molecular flexibility index (Phi) is 5.93. The van der Waals surface area contributed by atoms with Crippen LogP contribution in [0.15, 0.2) is 42.9 Å². The molecule has 5 rings (SSSR count). The van der Waals surface area contributed by atoms with E-state index in [1.807, 2.05) is 0 Å². The molecule has 184 valence electrons. The molecule has 0 aliphatic carbocycles. The molecule has 3 aromatic rings. The summed E-state index contributed by atoms with van der Waals surface area (Å²) in [5.74, 6) is -0.109. The SMILES string of the molecule is CC1(Cn2cc(-c3nc(Nc4ccc(N5CCOCC5=O)cc4)ncc3C(F)(F)F)cn2)CNC1. The number of anilines is 3. The maximum Gasteiger partial charge on any atom is 0.419 e. The quantitative estimate of drug-likeness (QED) is 0.552. The van der Waals surface area contributed by atoms with Crippen molar-refractivity contribution in [2.45, 2.75) is 19.6 Å². The van der Waals surface area contributed by atoms with Gasteiger partial charge < -0.3 is 20.3 Å². The van der Waals surface area contributed by atoms with Gasteiger partial charge in [0.05, 0.1) is 18.5 Å². The monoisotopic (exact) mass is 487 g/mol. The van der Waals surface area contributed by atoms with E-state index in [0.29, 0.717) is 31.1 Å². The number of alkyl halides is 3. The molecule has 2 aliphatic rings. The minimum Gasteiger partial charge on any atom is -0.370 e. The highest BCUT2D eigenvalue weighted by molar-refractivity contribution is 5.95. The lowest BCUT2D eigenvalue weighted by molar-refractivity contribution is -0.137. The highest BCUT2D eigenvalue weighted by Crippen LogP contribution is 2.36. The van der Waals surface area contributed by atoms with Crippen molar-refractivity contribution in [3.63, 3.8) is 0 Å². The first-order valence-corrected chi connectivity index (χ1v) is 11.1. The van der Waals surface area contributed by atoms with E-state index in [2.05, 4.69) is 32.6 Å². The molecule has 2 fully saturated rings. The van der Waals surface area contributed by atoms with Gasteiger partial charge in [0.15, 0.2) is 0 Å². The molecular weight excluding hydrogens is 463 g/mol. The van der Waals surface area contributed by atoms with Crippen LogP contribution >= 0.6 is 0 Å². The minimum absolute atomic E-state index is 0.0195. The van der Waals surface area contributed by atoms with Gasteiger partial charge >= 0.3 is 6.18 Å². The van der Waals surface area contributed by atoms with Crippen molar-refractivity contribution in [3.05, 3.63) is 48.4 Å². The second kappa shape index (κ2) is 8.93. The number of hydrogen-bond donors (Lipinski definition) is 2. The predicted octanol–water partition coefficient (Wildman–Crippen LogP) is 3.08. The summed E-state index contributed by atoms with van der Waals surface area (Å²) in [4.78, 5) is 21.7. The predicted molar refractivity (Wildman–Crippen MR) is 122 cm³/mol. The Morgan fingerprint density at radius 3 is 2.63 bits per heavy atom. The first-order chi connectivity index (χ1) is 16.7. The molecule has 0 bridgehead atoms. The topological polar surface area (TPSA) is 97.2 Å². The second-order valence-electron chi connectivity index (χ2n) is 9.06. The number of carbonyl (C=O) groups excluding carboxylic acids is 1. The number of nitrogens with one attached hydrogen (secondary N) is 2. The summed E-state index contributed by atoms with van der Waals surface area (Å²) in [5.41, 5.74) is 0.391. The van der Waals surface area contributed by atoms with Crippen molar-refractivity contribution < 1.29 is 22.7 Å². The first kappa shape index (κ1) is 23.2. The zero-order valence-corrected chi connectivity index (χ0v) is 19.0. The normalized spacial score (nSPS) is 17.8. The summed E-state index contributed by atoms with van der Waals surface area (Å²) < 4.78 is 47.9. The third-order valence-corrected chi connectivity index (χ3v) is 6.07. The van der Waals surface area contributed by atoms with Crippen molar-refractivity contribution in [3.8, 4) is 11.3 Å². The van der Waals surface area contributed by atoms with E-state index in [1.165, 1.54) is 6.20 Å². The lowest BCUT2D eigenvalue weighted by Crippen LogP contribution is -2.53. The summed E-state index contributed by atoms with van der Waals surface area (Å²) in [6, 6.07) is 6.92. The van der Waals surface area contributed by atoms with Gasteiger partial charge in [0.2, 0.25) is 5.95 Å². The molecule has 2 N–H and O–H groups in total. The zero-order valence-electron chi connectivity index (χ0n) is 19.0. The maximum absolute atomic E-state index is 13.7. The van der Waals surface area contributed by atoms with E-state index in [-0.39, 0.29) is 35.1 Å². The molecule has 0 radical (unpaired) electrons. The molecule has 2 aliphatic heterocycles. The largest absolute Gasteiger partial charge is 0.419 e. The second-order valence-corrected chi connectivity index (χ2v) is 9.06. The number of morpholine rings is 1. The van der Waals surface area contributed by atoms with Gasteiger partial charge in [-0.15, -0.1) is 0 Å². The van der Waals surface area contributed by atoms with E-state index in [0.717, 1.165) is 19.3 Å². The van der Waals surface area contributed by atoms with Gasteiger partial charge in [-0.05, 0) is 24.3 Å². The van der Waals surface area contributed by atoms with E-state index in [4.69, 9.17) is 4.74 Å². The number of nitrogens with zero attached hydrogens (tertiary/aromatic N) is 5. The van der Waals surface area contributed by atoms with Crippen LogP contribution in [0.25, 0.3) is 11.3 Å². The number of rotatable bonds is 6. The number of aromatic nitrogens is 4. The van der Waals surface area contributed by atoms with Gasteiger partial charge in [-0.3, -0.25) is 9.48 Å². The van der Waals surface area contributed by atoms with Crippen LogP contribution in [-0.4, -0.2) is 58.5 Å². The molecule has 2 saturated heterocycles. The van der Waals surface area contributed by atoms with Gasteiger partial charge in [0.1, 0.15) is 12.2 Å². The molecule has 35 heavy (non-hydrogen) atoms. The molecule has 0 atom stereocenters. The summed E-state index contributed by atoms with van der Waals surface area (Å²) in [6.45, 7) is 5.30. The number of amides is 1. The Bertz CT molecular complexity index is 1220. The maximum atomic E-state index is 13.7. The van der Waals surface area contributed by atoms with Crippen LogP contribution < -0.4 is 15.5 Å². The highest BCUT2D eigenvalue weighted by atomic mass is 19.4. The zero-order chi connectivity index (χ0) is 24.6. The molecule has 4 heterocycles. The molecule has 1 aromatic carbocycles. The molecule has 0 spiro atoms. The van der Waals surface area contributed by atoms with Crippen LogP contribution in [0.4, 0.5) is 30.5 Å². The van der Waals surface area contributed by atoms with Crippen molar-refractivity contribution >= 4 is 23.2 Å². The molecule has 1 amide bonds. The average molecular weight is 487 g/mol. The fraction of sp³-hybridized carbons (Fsp3) is 0.391. The summed E-state index contributed by atoms with van der Waals surface area (Å²) in [5, 5.41) is 10.4. The van der Waals surface area contributed by atoms with Gasteiger partial charge in [0, 0.05) is 60.9 Å². The molecule has 0 saturated carbocycles. The lowest BCUT2D eigenvalue weighted by atomic mass is 9.84. The lowest BCUT2D eigenvalue weighted by Gasteiger charge is -2.39. The molecule has 12 heteroatoms. The third kappa shape index (κ3) is 4.98. The van der Waals surface area contributed by atoms with E-state index < -0.39 is 11.7 Å². The minimum atomic E-state index is -4.62. The van der Waals surface area contributed by atoms with Gasteiger partial charge in [-0.1, -0.05) is 6.92 Å². The number of benzene rings is 1. The van der Waals surface area contributed by atoms with Crippen molar-refractivity contribution in [1.29, 1.82) is 0 Å². The van der Waals surface area contributed by atoms with E-state index in [1.54, 1.807) is 40.0 Å². The summed E-state index contributed by atoms with van der Waals surface area (Å²) >= 11 is 0. The van der Waals surface area contributed by atoms with Crippen LogP contribution in [0.3, 0.4) is 0 Å². The summed E-state index contributed by atoms with van der Waals surface area (Å²) in [7, 11) is 0. The first-order valence-electron chi connectivity index (χ1n) is 11.1. The highest BCUT2D eigenvalue weighted by Gasteiger charge is 2.36. The van der Waals surface area contributed by atoms with Crippen LogP contribution in [0.2, 0.25) is 0 Å². The van der Waals surface area contributed by atoms with Crippen molar-refractivity contribution in [2.24, 2.45) is 5.41 Å². The Morgan fingerprint density at radius 2 is 1.97 bits per heavy atom. The van der Waals surface area contributed by atoms with E-state index >= 15 is 0 Å². The van der Waals surface area contributed by atoms with Crippen molar-refractivity contribution in [2.75, 3.05) is 43.1 Å². The summed E-state index contributed by atoms with van der Waals surface area (Å²) in [6.07, 6.45) is -0.865. The molecule has 9 nitrogen and oxygen atoms in total. The molecular formula is C23H24F3N7O2. The smallest absolute Gasteiger partial charge is 0.370 e.